The third-order valence-corrected chi connectivity index (χ3v) is 5.61. The molecule has 2 rings (SSSR count). The van der Waals surface area contributed by atoms with E-state index in [0.717, 1.165) is 38.6 Å². The number of rotatable bonds is 8. The van der Waals surface area contributed by atoms with Crippen LogP contribution in [0.5, 0.6) is 11.5 Å². The van der Waals surface area contributed by atoms with Crippen LogP contribution in [0.3, 0.4) is 0 Å². The maximum Gasteiger partial charge on any atom is 0.130 e. The molecule has 0 unspecified atom stereocenters. The summed E-state index contributed by atoms with van der Waals surface area (Å²) in [6.45, 7) is 2.86. The number of aromatic hydroxyl groups is 1. The van der Waals surface area contributed by atoms with Gasteiger partial charge in [-0.2, -0.15) is 0 Å². The van der Waals surface area contributed by atoms with Gasteiger partial charge in [-0.05, 0) is 53.8 Å². The van der Waals surface area contributed by atoms with Gasteiger partial charge >= 0.3 is 0 Å². The van der Waals surface area contributed by atoms with E-state index in [1.165, 1.54) is 22.7 Å². The number of aryl methyl sites for hydroxylation is 1. The normalized spacial score (nSPS) is 10.6. The first kappa shape index (κ1) is 17.3. The van der Waals surface area contributed by atoms with E-state index >= 15 is 0 Å². The monoisotopic (exact) mass is 424 g/mol. The lowest BCUT2D eigenvalue weighted by Gasteiger charge is -2.11. The van der Waals surface area contributed by atoms with Crippen LogP contribution in [0.25, 0.3) is 11.1 Å². The Bertz CT molecular complexity index is 584. The van der Waals surface area contributed by atoms with Crippen LogP contribution in [0.2, 0.25) is 6.04 Å². The summed E-state index contributed by atoms with van der Waals surface area (Å²) in [4.78, 5) is 0. The summed E-state index contributed by atoms with van der Waals surface area (Å²) in [6, 6.07) is 15.1. The van der Waals surface area contributed by atoms with Crippen LogP contribution >= 0.6 is 21.8 Å². The molecule has 0 spiro atoms. The van der Waals surface area contributed by atoms with Gasteiger partial charge in [0.2, 0.25) is 0 Å². The Balaban J connectivity index is 2.19. The van der Waals surface area contributed by atoms with Crippen LogP contribution in [-0.4, -0.2) is 18.7 Å². The Morgan fingerprint density at radius 2 is 1.91 bits per heavy atom. The van der Waals surface area contributed by atoms with Gasteiger partial charge in [0.25, 0.3) is 0 Å². The van der Waals surface area contributed by atoms with Crippen molar-refractivity contribution in [2.75, 3.05) is 6.61 Å². The number of benzene rings is 2. The molecule has 0 aliphatic carbocycles. The first-order valence-electron chi connectivity index (χ1n) is 7.63. The highest BCUT2D eigenvalue weighted by atomic mass is 127. The SMILES string of the molecule is CCCOc1ccc(-c2ccc(O)cc2CCC[Si]I)cc1. The van der Waals surface area contributed by atoms with E-state index < -0.39 is 0 Å². The molecule has 0 atom stereocenters. The van der Waals surface area contributed by atoms with Crippen molar-refractivity contribution < 1.29 is 9.84 Å². The highest BCUT2D eigenvalue weighted by Crippen LogP contribution is 2.29. The molecule has 22 heavy (non-hydrogen) atoms. The molecule has 2 nitrogen and oxygen atoms in total. The van der Waals surface area contributed by atoms with Crippen molar-refractivity contribution in [1.82, 2.24) is 0 Å². The molecule has 116 valence electrons. The van der Waals surface area contributed by atoms with E-state index in [1.54, 1.807) is 6.07 Å². The third-order valence-electron chi connectivity index (χ3n) is 3.44. The quantitative estimate of drug-likeness (QED) is 0.271. The Kier molecular flexibility index (Phi) is 7.25. The van der Waals surface area contributed by atoms with Gasteiger partial charge in [-0.15, -0.1) is 21.8 Å². The molecule has 0 fully saturated rings. The first-order valence-corrected chi connectivity index (χ1v) is 12.0. The second-order valence-electron chi connectivity index (χ2n) is 5.20. The molecule has 0 heterocycles. The zero-order valence-electron chi connectivity index (χ0n) is 12.8. The average molecular weight is 424 g/mol. The zero-order valence-corrected chi connectivity index (χ0v) is 16.0. The number of halogens is 1. The molecule has 0 aliphatic rings. The fourth-order valence-electron chi connectivity index (χ4n) is 2.36. The van der Waals surface area contributed by atoms with Crippen molar-refractivity contribution in [3.8, 4) is 22.6 Å². The summed E-state index contributed by atoms with van der Waals surface area (Å²) in [6.07, 6.45) is 3.19. The summed E-state index contributed by atoms with van der Waals surface area (Å²) >= 11 is 2.44. The minimum absolute atomic E-state index is 0.346. The van der Waals surface area contributed by atoms with Gasteiger partial charge in [0, 0.05) is 0 Å². The van der Waals surface area contributed by atoms with Crippen molar-refractivity contribution in [3.05, 3.63) is 48.0 Å². The molecular formula is C18H21IO2Si. The Hall–Kier alpha value is -1.01. The van der Waals surface area contributed by atoms with Crippen LogP contribution in [0.1, 0.15) is 25.3 Å². The molecule has 0 aromatic heterocycles. The second-order valence-corrected chi connectivity index (χ2v) is 8.26. The lowest BCUT2D eigenvalue weighted by atomic mass is 9.96. The van der Waals surface area contributed by atoms with Gasteiger partial charge in [-0.1, -0.05) is 37.6 Å². The summed E-state index contributed by atoms with van der Waals surface area (Å²) in [5.74, 6) is 1.26. The Labute approximate surface area is 147 Å². The molecule has 0 saturated heterocycles. The number of phenols is 1. The Morgan fingerprint density at radius 1 is 1.14 bits per heavy atom. The molecule has 0 amide bonds. The van der Waals surface area contributed by atoms with Crippen molar-refractivity contribution in [3.63, 3.8) is 0 Å². The second kappa shape index (κ2) is 9.20. The molecule has 0 bridgehead atoms. The Morgan fingerprint density at radius 3 is 2.59 bits per heavy atom. The van der Waals surface area contributed by atoms with Crippen molar-refractivity contribution in [1.29, 1.82) is 0 Å². The van der Waals surface area contributed by atoms with E-state index in [-0.39, 0.29) is 0 Å². The van der Waals surface area contributed by atoms with Crippen LogP contribution in [0.4, 0.5) is 0 Å². The smallest absolute Gasteiger partial charge is 0.130 e. The molecule has 1 N–H and O–H groups in total. The van der Waals surface area contributed by atoms with Crippen LogP contribution in [-0.2, 0) is 6.42 Å². The molecule has 0 saturated carbocycles. The third kappa shape index (κ3) is 5.02. The van der Waals surface area contributed by atoms with Gasteiger partial charge in [0.15, 0.2) is 0 Å². The van der Waals surface area contributed by atoms with Gasteiger partial charge in [0.05, 0.1) is 6.61 Å². The number of hydrogen-bond donors (Lipinski definition) is 1. The van der Waals surface area contributed by atoms with Crippen molar-refractivity contribution >= 4 is 28.8 Å². The summed E-state index contributed by atoms with van der Waals surface area (Å²) in [7, 11) is 0.959. The van der Waals surface area contributed by atoms with Crippen molar-refractivity contribution in [2.45, 2.75) is 32.2 Å². The molecular weight excluding hydrogens is 403 g/mol. The van der Waals surface area contributed by atoms with E-state index in [0.29, 0.717) is 5.75 Å². The maximum absolute atomic E-state index is 9.76. The summed E-state index contributed by atoms with van der Waals surface area (Å²) in [5, 5.41) is 9.76. The number of hydrogen-bond acceptors (Lipinski definition) is 2. The molecule has 4 heteroatoms. The number of phenolic OH excluding ortho intramolecular Hbond substituents is 1. The fraction of sp³-hybridized carbons (Fsp3) is 0.333. The molecule has 0 aliphatic heterocycles. The lowest BCUT2D eigenvalue weighted by Crippen LogP contribution is -1.95. The molecule has 2 aromatic rings. The summed E-state index contributed by atoms with van der Waals surface area (Å²) < 4.78 is 5.63. The summed E-state index contributed by atoms with van der Waals surface area (Å²) in [5.41, 5.74) is 3.60. The minimum Gasteiger partial charge on any atom is -0.508 e. The van der Waals surface area contributed by atoms with Crippen LogP contribution in [0, 0.1) is 0 Å². The van der Waals surface area contributed by atoms with Crippen LogP contribution < -0.4 is 4.74 Å². The first-order chi connectivity index (χ1) is 10.7. The van der Waals surface area contributed by atoms with Gasteiger partial charge < -0.3 is 9.84 Å². The average Bonchev–Trinajstić information content (AvgIpc) is 2.54. The highest BCUT2D eigenvalue weighted by molar-refractivity contribution is 14.1. The maximum atomic E-state index is 9.76. The largest absolute Gasteiger partial charge is 0.508 e. The lowest BCUT2D eigenvalue weighted by molar-refractivity contribution is 0.317. The topological polar surface area (TPSA) is 29.5 Å². The predicted octanol–water partition coefficient (Wildman–Crippen LogP) is 5.25. The number of ether oxygens (including phenoxy) is 1. The molecule has 2 radical (unpaired) electrons. The van der Waals surface area contributed by atoms with E-state index in [4.69, 9.17) is 4.74 Å². The minimum atomic E-state index is 0.346. The molecule has 2 aromatic carbocycles. The van der Waals surface area contributed by atoms with Gasteiger partial charge in [-0.25, -0.2) is 0 Å². The van der Waals surface area contributed by atoms with Crippen LogP contribution in [0.15, 0.2) is 42.5 Å². The standard InChI is InChI=1S/C18H21IO2Si/c1-2-11-21-17-8-5-14(6-9-17)18-10-7-16(20)13-15(18)4-3-12-22-19/h5-10,13,20H,2-4,11-12H2,1H3. The van der Waals surface area contributed by atoms with Crippen molar-refractivity contribution in [2.24, 2.45) is 0 Å². The fourth-order valence-corrected chi connectivity index (χ4v) is 3.82. The zero-order chi connectivity index (χ0) is 15.8. The van der Waals surface area contributed by atoms with E-state index in [9.17, 15) is 5.11 Å². The van der Waals surface area contributed by atoms with Gasteiger partial charge in [0.1, 0.15) is 18.5 Å². The van der Waals surface area contributed by atoms with Gasteiger partial charge in [-0.3, -0.25) is 0 Å². The predicted molar refractivity (Wildman–Crippen MR) is 102 cm³/mol. The van der Waals surface area contributed by atoms with E-state index in [2.05, 4.69) is 40.9 Å². The highest BCUT2D eigenvalue weighted by Gasteiger charge is 2.07. The van der Waals surface area contributed by atoms with E-state index in [1.807, 2.05) is 24.3 Å².